The lowest BCUT2D eigenvalue weighted by Crippen LogP contribution is -2.26. The van der Waals surface area contributed by atoms with Gasteiger partial charge in [0.2, 0.25) is 0 Å². The Morgan fingerprint density at radius 2 is 2.06 bits per heavy atom. The highest BCUT2D eigenvalue weighted by Crippen LogP contribution is 2.40. The van der Waals surface area contributed by atoms with E-state index in [1.165, 1.54) is 12.3 Å². The summed E-state index contributed by atoms with van der Waals surface area (Å²) < 4.78 is 12.1. The van der Waals surface area contributed by atoms with E-state index in [2.05, 4.69) is 10.3 Å². The van der Waals surface area contributed by atoms with Gasteiger partial charge in [0.25, 0.3) is 0 Å². The van der Waals surface area contributed by atoms with Crippen LogP contribution in [-0.2, 0) is 0 Å². The highest BCUT2D eigenvalue weighted by Gasteiger charge is 2.30. The van der Waals surface area contributed by atoms with Gasteiger partial charge >= 0.3 is 0 Å². The van der Waals surface area contributed by atoms with E-state index >= 15 is 0 Å². The zero-order valence-corrected chi connectivity index (χ0v) is 10.9. The molecule has 0 bridgehead atoms. The minimum Gasteiger partial charge on any atom is -0.370 e. The van der Waals surface area contributed by atoms with Gasteiger partial charge in [-0.1, -0.05) is 0 Å². The first kappa shape index (κ1) is 12.9. The SMILES string of the molecule is Fc1ccc(NCC2CCC(Cl)(Cl)CC2)nc1. The lowest BCUT2D eigenvalue weighted by Gasteiger charge is -2.30. The topological polar surface area (TPSA) is 24.9 Å². The van der Waals surface area contributed by atoms with E-state index in [1.54, 1.807) is 6.07 Å². The fraction of sp³-hybridized carbons (Fsp3) is 0.583. The van der Waals surface area contributed by atoms with Crippen molar-refractivity contribution in [2.24, 2.45) is 5.92 Å². The largest absolute Gasteiger partial charge is 0.370 e. The molecule has 0 spiro atoms. The van der Waals surface area contributed by atoms with Crippen molar-refractivity contribution in [1.82, 2.24) is 4.98 Å². The van der Waals surface area contributed by atoms with Crippen LogP contribution in [0.15, 0.2) is 18.3 Å². The summed E-state index contributed by atoms with van der Waals surface area (Å²) in [5.74, 6) is 0.953. The molecule has 0 radical (unpaired) electrons. The van der Waals surface area contributed by atoms with Gasteiger partial charge in [0.05, 0.1) is 6.20 Å². The number of halogens is 3. The summed E-state index contributed by atoms with van der Waals surface area (Å²) in [6.07, 6.45) is 4.91. The number of hydrogen-bond acceptors (Lipinski definition) is 2. The Labute approximate surface area is 111 Å². The maximum absolute atomic E-state index is 12.6. The van der Waals surface area contributed by atoms with Gasteiger partial charge in [-0.2, -0.15) is 0 Å². The molecule has 0 atom stereocenters. The number of pyridine rings is 1. The predicted molar refractivity (Wildman–Crippen MR) is 69.1 cm³/mol. The van der Waals surface area contributed by atoms with E-state index in [-0.39, 0.29) is 5.82 Å². The predicted octanol–water partition coefficient (Wildman–Crippen LogP) is 4.00. The molecule has 0 saturated heterocycles. The minimum atomic E-state index is -0.537. The fourth-order valence-electron chi connectivity index (χ4n) is 2.03. The monoisotopic (exact) mass is 276 g/mol. The van der Waals surface area contributed by atoms with Crippen molar-refractivity contribution in [2.45, 2.75) is 30.0 Å². The van der Waals surface area contributed by atoms with E-state index in [9.17, 15) is 4.39 Å². The van der Waals surface area contributed by atoms with Gasteiger partial charge in [0.15, 0.2) is 0 Å². The minimum absolute atomic E-state index is 0.317. The fourth-order valence-corrected chi connectivity index (χ4v) is 2.47. The van der Waals surface area contributed by atoms with Crippen molar-refractivity contribution in [3.63, 3.8) is 0 Å². The Morgan fingerprint density at radius 1 is 1.35 bits per heavy atom. The first-order valence-electron chi connectivity index (χ1n) is 5.78. The number of hydrogen-bond donors (Lipinski definition) is 1. The van der Waals surface area contributed by atoms with Crippen LogP contribution in [0.4, 0.5) is 10.2 Å². The van der Waals surface area contributed by atoms with Crippen LogP contribution in [0.5, 0.6) is 0 Å². The first-order valence-corrected chi connectivity index (χ1v) is 6.54. The molecule has 1 fully saturated rings. The van der Waals surface area contributed by atoms with E-state index in [1.807, 2.05) is 0 Å². The molecule has 2 rings (SSSR count). The lowest BCUT2D eigenvalue weighted by atomic mass is 9.88. The molecule has 0 aromatic carbocycles. The van der Waals surface area contributed by atoms with Crippen LogP contribution in [0, 0.1) is 11.7 Å². The molecule has 94 valence electrons. The highest BCUT2D eigenvalue weighted by atomic mass is 35.5. The number of aromatic nitrogens is 1. The quantitative estimate of drug-likeness (QED) is 0.845. The van der Waals surface area contributed by atoms with Crippen molar-refractivity contribution in [3.8, 4) is 0 Å². The Hall–Kier alpha value is -0.540. The molecule has 1 saturated carbocycles. The third-order valence-electron chi connectivity index (χ3n) is 3.14. The first-order chi connectivity index (χ1) is 8.05. The molecule has 0 unspecified atom stereocenters. The number of anilines is 1. The van der Waals surface area contributed by atoms with Crippen LogP contribution in [0.1, 0.15) is 25.7 Å². The van der Waals surface area contributed by atoms with Gasteiger partial charge in [-0.05, 0) is 43.7 Å². The van der Waals surface area contributed by atoms with E-state index < -0.39 is 4.33 Å². The maximum Gasteiger partial charge on any atom is 0.141 e. The second-order valence-electron chi connectivity index (χ2n) is 4.54. The summed E-state index contributed by atoms with van der Waals surface area (Å²) in [6, 6.07) is 3.05. The van der Waals surface area contributed by atoms with Crippen molar-refractivity contribution in [1.29, 1.82) is 0 Å². The summed E-state index contributed by atoms with van der Waals surface area (Å²) in [5, 5.41) is 3.20. The van der Waals surface area contributed by atoms with E-state index in [0.717, 1.165) is 32.2 Å². The molecule has 1 heterocycles. The highest BCUT2D eigenvalue weighted by molar-refractivity contribution is 6.48. The molecular weight excluding hydrogens is 262 g/mol. The van der Waals surface area contributed by atoms with E-state index in [4.69, 9.17) is 23.2 Å². The molecule has 1 aliphatic rings. The van der Waals surface area contributed by atoms with E-state index in [0.29, 0.717) is 11.7 Å². The van der Waals surface area contributed by atoms with Crippen LogP contribution >= 0.6 is 23.2 Å². The molecule has 0 amide bonds. The number of nitrogens with one attached hydrogen (secondary N) is 1. The summed E-state index contributed by atoms with van der Waals surface area (Å²) >= 11 is 12.1. The van der Waals surface area contributed by atoms with Crippen LogP contribution in [-0.4, -0.2) is 15.9 Å². The second-order valence-corrected chi connectivity index (χ2v) is 6.18. The summed E-state index contributed by atoms with van der Waals surface area (Å²) in [6.45, 7) is 0.836. The van der Waals surface area contributed by atoms with Crippen molar-refractivity contribution < 1.29 is 4.39 Å². The number of nitrogens with zero attached hydrogens (tertiary/aromatic N) is 1. The average molecular weight is 277 g/mol. The molecule has 1 aliphatic carbocycles. The molecule has 1 N–H and O–H groups in total. The van der Waals surface area contributed by atoms with Crippen LogP contribution in [0.3, 0.4) is 0 Å². The molecule has 17 heavy (non-hydrogen) atoms. The molecular formula is C12H15Cl2FN2. The number of alkyl halides is 2. The second kappa shape index (κ2) is 5.40. The van der Waals surface area contributed by atoms with Gasteiger partial charge in [-0.15, -0.1) is 23.2 Å². The summed E-state index contributed by atoms with van der Waals surface area (Å²) in [4.78, 5) is 3.95. The lowest BCUT2D eigenvalue weighted by molar-refractivity contribution is 0.358. The summed E-state index contributed by atoms with van der Waals surface area (Å²) in [5.41, 5.74) is 0. The molecule has 1 aromatic rings. The Morgan fingerprint density at radius 3 is 2.65 bits per heavy atom. The molecule has 1 aromatic heterocycles. The van der Waals surface area contributed by atoms with Gasteiger partial charge < -0.3 is 5.32 Å². The maximum atomic E-state index is 12.6. The van der Waals surface area contributed by atoms with Crippen molar-refractivity contribution in [2.75, 3.05) is 11.9 Å². The van der Waals surface area contributed by atoms with Crippen LogP contribution in [0.25, 0.3) is 0 Å². The van der Waals surface area contributed by atoms with Crippen molar-refractivity contribution in [3.05, 3.63) is 24.1 Å². The number of rotatable bonds is 3. The van der Waals surface area contributed by atoms with Gasteiger partial charge in [-0.3, -0.25) is 0 Å². The van der Waals surface area contributed by atoms with Crippen molar-refractivity contribution >= 4 is 29.0 Å². The molecule has 0 aliphatic heterocycles. The Kier molecular flexibility index (Phi) is 4.10. The smallest absolute Gasteiger partial charge is 0.141 e. The van der Waals surface area contributed by atoms with Gasteiger partial charge in [0, 0.05) is 6.54 Å². The molecule has 2 nitrogen and oxygen atoms in total. The molecule has 5 heteroatoms. The van der Waals surface area contributed by atoms with Gasteiger partial charge in [0.1, 0.15) is 16.0 Å². The normalized spacial score (nSPS) is 20.2. The third kappa shape index (κ3) is 4.00. The zero-order valence-electron chi connectivity index (χ0n) is 9.43. The Bertz CT molecular complexity index is 357. The third-order valence-corrected chi connectivity index (χ3v) is 3.89. The standard InChI is InChI=1S/C12H15Cl2FN2/c13-12(14)5-3-9(4-6-12)7-16-11-2-1-10(15)8-17-11/h1-2,8-9H,3-7H2,(H,16,17). The van der Waals surface area contributed by atoms with Crippen LogP contribution < -0.4 is 5.32 Å². The average Bonchev–Trinajstić information content (AvgIpc) is 2.30. The van der Waals surface area contributed by atoms with Gasteiger partial charge in [-0.25, -0.2) is 9.37 Å². The summed E-state index contributed by atoms with van der Waals surface area (Å²) in [7, 11) is 0. The van der Waals surface area contributed by atoms with Crippen LogP contribution in [0.2, 0.25) is 0 Å². The zero-order chi connectivity index (χ0) is 12.3. The Balaban J connectivity index is 1.78.